The summed E-state index contributed by atoms with van der Waals surface area (Å²) >= 11 is 0. The van der Waals surface area contributed by atoms with Gasteiger partial charge >= 0.3 is 0 Å². The van der Waals surface area contributed by atoms with Crippen molar-refractivity contribution in [3.8, 4) is 11.1 Å². The number of aliphatic hydroxyl groups is 1. The van der Waals surface area contributed by atoms with Crippen LogP contribution in [0.2, 0.25) is 0 Å². The zero-order chi connectivity index (χ0) is 20.4. The Bertz CT molecular complexity index is 861. The molecular formula is C24H28N2O3. The van der Waals surface area contributed by atoms with Gasteiger partial charge < -0.3 is 15.3 Å². The van der Waals surface area contributed by atoms with Crippen LogP contribution in [0.25, 0.3) is 11.1 Å². The molecule has 5 nitrogen and oxygen atoms in total. The monoisotopic (exact) mass is 392 g/mol. The van der Waals surface area contributed by atoms with E-state index in [0.29, 0.717) is 6.54 Å². The smallest absolute Gasteiger partial charge is 0.226 e. The number of aliphatic hydroxyl groups excluding tert-OH is 1. The SMILES string of the molecule is CC(=O)NC[C@@H]1[C@@H](c2ccc(-c3ccccc3)cc2)[C@@H](CO)N1C(=O)C1CCC1. The molecule has 0 unspecified atom stereocenters. The molecule has 29 heavy (non-hydrogen) atoms. The van der Waals surface area contributed by atoms with Crippen LogP contribution < -0.4 is 5.32 Å². The van der Waals surface area contributed by atoms with Gasteiger partial charge in [-0.2, -0.15) is 0 Å². The standard InChI is InChI=1S/C24H28N2O3/c1-16(28)25-14-21-23(22(15-27)26(21)24(29)20-8-5-9-20)19-12-10-18(11-13-19)17-6-3-2-4-7-17/h2-4,6-7,10-13,20-23,27H,5,8-9,14-15H2,1H3,(H,25,28)/t21-,22-,23-/m1/s1. The van der Waals surface area contributed by atoms with E-state index in [9.17, 15) is 14.7 Å². The molecule has 152 valence electrons. The molecule has 2 aromatic carbocycles. The lowest BCUT2D eigenvalue weighted by Gasteiger charge is -2.56. The molecule has 0 spiro atoms. The number of likely N-dealkylation sites (tertiary alicyclic amines) is 1. The Morgan fingerprint density at radius 3 is 2.21 bits per heavy atom. The third-order valence-electron chi connectivity index (χ3n) is 6.40. The number of carbonyl (C=O) groups is 2. The summed E-state index contributed by atoms with van der Waals surface area (Å²) in [4.78, 5) is 26.3. The Kier molecular flexibility index (Phi) is 5.67. The highest BCUT2D eigenvalue weighted by molar-refractivity contribution is 5.82. The second kappa shape index (κ2) is 8.37. The maximum atomic E-state index is 13.0. The Labute approximate surface area is 171 Å². The van der Waals surface area contributed by atoms with Gasteiger partial charge in [0, 0.05) is 25.3 Å². The van der Waals surface area contributed by atoms with E-state index < -0.39 is 0 Å². The van der Waals surface area contributed by atoms with Gasteiger partial charge in [0.05, 0.1) is 18.7 Å². The van der Waals surface area contributed by atoms with Crippen LogP contribution in [0.5, 0.6) is 0 Å². The van der Waals surface area contributed by atoms with E-state index >= 15 is 0 Å². The number of nitrogens with one attached hydrogen (secondary N) is 1. The van der Waals surface area contributed by atoms with Crippen LogP contribution in [-0.2, 0) is 9.59 Å². The molecule has 2 fully saturated rings. The van der Waals surface area contributed by atoms with Gasteiger partial charge in [0.1, 0.15) is 0 Å². The highest BCUT2D eigenvalue weighted by atomic mass is 16.3. The zero-order valence-electron chi connectivity index (χ0n) is 16.8. The number of amides is 2. The topological polar surface area (TPSA) is 69.6 Å². The molecule has 1 aliphatic heterocycles. The summed E-state index contributed by atoms with van der Waals surface area (Å²) in [6.45, 7) is 1.83. The fraction of sp³-hybridized carbons (Fsp3) is 0.417. The Hall–Kier alpha value is -2.66. The Morgan fingerprint density at radius 2 is 1.66 bits per heavy atom. The second-order valence-electron chi connectivity index (χ2n) is 8.14. The van der Waals surface area contributed by atoms with Crippen LogP contribution >= 0.6 is 0 Å². The predicted octanol–water partition coefficient (Wildman–Crippen LogP) is 2.95. The van der Waals surface area contributed by atoms with Gasteiger partial charge in [-0.15, -0.1) is 0 Å². The summed E-state index contributed by atoms with van der Waals surface area (Å²) in [5.74, 6) is 0.112. The minimum absolute atomic E-state index is 0.0145. The summed E-state index contributed by atoms with van der Waals surface area (Å²) in [6, 6.07) is 18.2. The molecule has 0 aromatic heterocycles. The van der Waals surface area contributed by atoms with Gasteiger partial charge in [0.15, 0.2) is 0 Å². The third-order valence-corrected chi connectivity index (χ3v) is 6.40. The number of hydrogen-bond acceptors (Lipinski definition) is 3. The van der Waals surface area contributed by atoms with Crippen LogP contribution in [0, 0.1) is 5.92 Å². The number of carbonyl (C=O) groups excluding carboxylic acids is 2. The summed E-state index contributed by atoms with van der Waals surface area (Å²) < 4.78 is 0. The van der Waals surface area contributed by atoms with Crippen molar-refractivity contribution < 1.29 is 14.7 Å². The first-order valence-corrected chi connectivity index (χ1v) is 10.4. The maximum absolute atomic E-state index is 13.0. The molecule has 0 radical (unpaired) electrons. The Balaban J connectivity index is 1.57. The molecule has 2 aromatic rings. The summed E-state index contributed by atoms with van der Waals surface area (Å²) in [5.41, 5.74) is 3.38. The van der Waals surface area contributed by atoms with Crippen molar-refractivity contribution >= 4 is 11.8 Å². The van der Waals surface area contributed by atoms with Crippen molar-refractivity contribution in [1.82, 2.24) is 10.2 Å². The van der Waals surface area contributed by atoms with Crippen LogP contribution in [0.15, 0.2) is 54.6 Å². The average molecular weight is 392 g/mol. The molecule has 4 rings (SSSR count). The molecule has 2 amide bonds. The minimum Gasteiger partial charge on any atom is -0.394 e. The van der Waals surface area contributed by atoms with E-state index in [1.54, 1.807) is 0 Å². The van der Waals surface area contributed by atoms with Gasteiger partial charge in [0.25, 0.3) is 0 Å². The van der Waals surface area contributed by atoms with Gasteiger partial charge in [-0.1, -0.05) is 61.0 Å². The third kappa shape index (κ3) is 3.79. The predicted molar refractivity (Wildman–Crippen MR) is 112 cm³/mol. The first-order chi connectivity index (χ1) is 14.1. The zero-order valence-corrected chi connectivity index (χ0v) is 16.8. The van der Waals surface area contributed by atoms with Crippen molar-refractivity contribution in [2.75, 3.05) is 13.2 Å². The lowest BCUT2D eigenvalue weighted by atomic mass is 9.72. The van der Waals surface area contributed by atoms with E-state index in [2.05, 4.69) is 41.7 Å². The fourth-order valence-electron chi connectivity index (χ4n) is 4.59. The lowest BCUT2D eigenvalue weighted by Crippen LogP contribution is -2.69. The number of rotatable bonds is 6. The number of hydrogen-bond donors (Lipinski definition) is 2. The summed E-state index contributed by atoms with van der Waals surface area (Å²) in [5, 5.41) is 12.9. The molecule has 3 atom stereocenters. The van der Waals surface area contributed by atoms with E-state index in [1.165, 1.54) is 6.92 Å². The molecule has 1 heterocycles. The molecule has 2 aliphatic rings. The molecule has 5 heteroatoms. The summed E-state index contributed by atoms with van der Waals surface area (Å²) in [6.07, 6.45) is 2.95. The average Bonchev–Trinajstić information content (AvgIpc) is 2.67. The largest absolute Gasteiger partial charge is 0.394 e. The molecular weight excluding hydrogens is 364 g/mol. The van der Waals surface area contributed by atoms with Gasteiger partial charge in [-0.05, 0) is 29.5 Å². The number of benzene rings is 2. The van der Waals surface area contributed by atoms with Crippen LogP contribution in [0.3, 0.4) is 0 Å². The normalized spacial score (nSPS) is 23.8. The molecule has 1 aliphatic carbocycles. The number of nitrogens with zero attached hydrogens (tertiary/aromatic N) is 1. The van der Waals surface area contributed by atoms with Gasteiger partial charge in [-0.25, -0.2) is 0 Å². The molecule has 0 bridgehead atoms. The highest BCUT2D eigenvalue weighted by Gasteiger charge is 2.52. The van der Waals surface area contributed by atoms with Crippen LogP contribution in [-0.4, -0.2) is 47.1 Å². The van der Waals surface area contributed by atoms with Crippen molar-refractivity contribution in [2.24, 2.45) is 5.92 Å². The van der Waals surface area contributed by atoms with Crippen molar-refractivity contribution in [3.63, 3.8) is 0 Å². The van der Waals surface area contributed by atoms with E-state index in [-0.39, 0.29) is 42.3 Å². The van der Waals surface area contributed by atoms with Gasteiger partial charge in [-0.3, -0.25) is 9.59 Å². The molecule has 2 N–H and O–H groups in total. The fourth-order valence-corrected chi connectivity index (χ4v) is 4.59. The van der Waals surface area contributed by atoms with Crippen LogP contribution in [0.1, 0.15) is 37.7 Å². The summed E-state index contributed by atoms with van der Waals surface area (Å²) in [7, 11) is 0. The van der Waals surface area contributed by atoms with E-state index in [1.807, 2.05) is 23.1 Å². The molecule has 1 saturated heterocycles. The van der Waals surface area contributed by atoms with E-state index in [0.717, 1.165) is 36.0 Å². The minimum atomic E-state index is -0.232. The lowest BCUT2D eigenvalue weighted by molar-refractivity contribution is -0.158. The maximum Gasteiger partial charge on any atom is 0.226 e. The van der Waals surface area contributed by atoms with Crippen molar-refractivity contribution in [1.29, 1.82) is 0 Å². The first kappa shape index (κ1) is 19.6. The first-order valence-electron chi connectivity index (χ1n) is 10.4. The van der Waals surface area contributed by atoms with Crippen LogP contribution in [0.4, 0.5) is 0 Å². The highest BCUT2D eigenvalue weighted by Crippen LogP contribution is 2.43. The van der Waals surface area contributed by atoms with Gasteiger partial charge in [0.2, 0.25) is 11.8 Å². The quantitative estimate of drug-likeness (QED) is 0.794. The second-order valence-corrected chi connectivity index (χ2v) is 8.14. The van der Waals surface area contributed by atoms with Crippen molar-refractivity contribution in [3.05, 3.63) is 60.2 Å². The van der Waals surface area contributed by atoms with E-state index in [4.69, 9.17) is 0 Å². The molecule has 1 saturated carbocycles. The van der Waals surface area contributed by atoms with Crippen molar-refractivity contribution in [2.45, 2.75) is 44.2 Å². The Morgan fingerprint density at radius 1 is 1.00 bits per heavy atom.